The Kier molecular flexibility index (Phi) is 5.34. The highest BCUT2D eigenvalue weighted by Crippen LogP contribution is 2.51. The number of hydrogen-bond acceptors (Lipinski definition) is 6. The van der Waals surface area contributed by atoms with Gasteiger partial charge < -0.3 is 14.8 Å². The second-order valence-electron chi connectivity index (χ2n) is 8.04. The summed E-state index contributed by atoms with van der Waals surface area (Å²) >= 11 is 5.08. The van der Waals surface area contributed by atoms with Gasteiger partial charge in [0.25, 0.3) is 0 Å². The molecule has 4 aromatic rings. The number of hydrogen-bond donors (Lipinski definition) is 1. The molecule has 0 fully saturated rings. The van der Waals surface area contributed by atoms with E-state index in [0.29, 0.717) is 0 Å². The van der Waals surface area contributed by atoms with Gasteiger partial charge in [0.15, 0.2) is 0 Å². The van der Waals surface area contributed by atoms with Gasteiger partial charge in [-0.25, -0.2) is 4.68 Å². The van der Waals surface area contributed by atoms with Crippen LogP contribution in [-0.2, 0) is 0 Å². The molecule has 6 nitrogen and oxygen atoms in total. The van der Waals surface area contributed by atoms with Gasteiger partial charge in [-0.05, 0) is 53.8 Å². The third kappa shape index (κ3) is 3.49. The first-order valence-corrected chi connectivity index (χ1v) is 12.8. The smallest absolute Gasteiger partial charge is 0.227 e. The molecule has 170 valence electrons. The molecule has 0 spiro atoms. The molecule has 8 heteroatoms. The number of ether oxygens (including phenoxy) is 2. The van der Waals surface area contributed by atoms with Crippen molar-refractivity contribution in [1.82, 2.24) is 14.8 Å². The SMILES string of the molecule is COc1ccc(C2C3=C(Nc4nc(SC)nn42)c2ccccc2OC3c2ccc(Br)cc2)cc1. The number of aromatic nitrogens is 3. The molecule has 1 N–H and O–H groups in total. The van der Waals surface area contributed by atoms with Crippen molar-refractivity contribution in [1.29, 1.82) is 0 Å². The van der Waals surface area contributed by atoms with E-state index in [1.54, 1.807) is 7.11 Å². The number of fused-ring (bicyclic) bond motifs is 3. The molecule has 0 bridgehead atoms. The largest absolute Gasteiger partial charge is 0.497 e. The van der Waals surface area contributed by atoms with Crippen LogP contribution >= 0.6 is 27.7 Å². The zero-order valence-electron chi connectivity index (χ0n) is 18.5. The summed E-state index contributed by atoms with van der Waals surface area (Å²) in [5.74, 6) is 2.37. The average molecular weight is 533 g/mol. The first-order valence-electron chi connectivity index (χ1n) is 10.8. The van der Waals surface area contributed by atoms with Crippen LogP contribution in [0.3, 0.4) is 0 Å². The lowest BCUT2D eigenvalue weighted by molar-refractivity contribution is 0.223. The second-order valence-corrected chi connectivity index (χ2v) is 9.73. The van der Waals surface area contributed by atoms with Crippen LogP contribution in [0.2, 0.25) is 0 Å². The van der Waals surface area contributed by atoms with Crippen molar-refractivity contribution in [2.24, 2.45) is 0 Å². The summed E-state index contributed by atoms with van der Waals surface area (Å²) in [6, 6.07) is 24.4. The van der Waals surface area contributed by atoms with E-state index < -0.39 is 0 Å². The molecule has 0 aliphatic carbocycles. The van der Waals surface area contributed by atoms with Gasteiger partial charge in [0.05, 0.1) is 12.8 Å². The molecular weight excluding hydrogens is 512 g/mol. The number of anilines is 1. The maximum atomic E-state index is 6.67. The number of halogens is 1. The van der Waals surface area contributed by atoms with Crippen molar-refractivity contribution >= 4 is 39.3 Å². The molecule has 2 atom stereocenters. The highest BCUT2D eigenvalue weighted by atomic mass is 79.9. The molecule has 6 rings (SSSR count). The standard InChI is InChI=1S/C26H21BrN4O2S/c1-32-18-13-9-15(10-14-18)23-21-22(28-25-29-26(34-2)30-31(23)25)19-5-3-4-6-20(19)33-24(21)16-7-11-17(27)12-8-16/h3-14,23-24H,1-2H3,(H,28,29,30). The van der Waals surface area contributed by atoms with E-state index in [-0.39, 0.29) is 12.1 Å². The highest BCUT2D eigenvalue weighted by Gasteiger charge is 2.41. The Balaban J connectivity index is 1.61. The molecule has 0 saturated heterocycles. The Bertz CT molecular complexity index is 1400. The van der Waals surface area contributed by atoms with Crippen LogP contribution in [0.1, 0.15) is 28.8 Å². The van der Waals surface area contributed by atoms with Crippen LogP contribution in [0.4, 0.5) is 5.95 Å². The van der Waals surface area contributed by atoms with E-state index >= 15 is 0 Å². The minimum atomic E-state index is -0.298. The van der Waals surface area contributed by atoms with Crippen molar-refractivity contribution in [3.63, 3.8) is 0 Å². The predicted molar refractivity (Wildman–Crippen MR) is 137 cm³/mol. The Labute approximate surface area is 210 Å². The number of thioether (sulfide) groups is 1. The van der Waals surface area contributed by atoms with E-state index in [2.05, 4.69) is 51.6 Å². The van der Waals surface area contributed by atoms with E-state index in [0.717, 1.165) is 55.0 Å². The van der Waals surface area contributed by atoms with Gasteiger partial charge in [-0.15, -0.1) is 5.10 Å². The molecule has 0 amide bonds. The minimum Gasteiger partial charge on any atom is -0.497 e. The van der Waals surface area contributed by atoms with Crippen molar-refractivity contribution < 1.29 is 9.47 Å². The fraction of sp³-hybridized carbons (Fsp3) is 0.154. The molecule has 0 saturated carbocycles. The molecule has 34 heavy (non-hydrogen) atoms. The van der Waals surface area contributed by atoms with Crippen molar-refractivity contribution in [2.45, 2.75) is 17.3 Å². The van der Waals surface area contributed by atoms with E-state index in [9.17, 15) is 0 Å². The lowest BCUT2D eigenvalue weighted by Crippen LogP contribution is -2.32. The van der Waals surface area contributed by atoms with Gasteiger partial charge in [0.2, 0.25) is 11.1 Å². The molecule has 2 aliphatic rings. The second kappa shape index (κ2) is 8.52. The van der Waals surface area contributed by atoms with E-state index in [1.165, 1.54) is 11.8 Å². The molecule has 1 aromatic heterocycles. The zero-order chi connectivity index (χ0) is 23.2. The Hall–Kier alpha value is -3.23. The Morgan fingerprint density at radius 2 is 1.74 bits per heavy atom. The predicted octanol–water partition coefficient (Wildman–Crippen LogP) is 6.33. The fourth-order valence-corrected chi connectivity index (χ4v) is 5.18. The lowest BCUT2D eigenvalue weighted by atomic mass is 9.84. The lowest BCUT2D eigenvalue weighted by Gasteiger charge is -2.39. The maximum Gasteiger partial charge on any atom is 0.227 e. The fourth-order valence-electron chi connectivity index (χ4n) is 4.56. The van der Waals surface area contributed by atoms with Crippen LogP contribution in [-0.4, -0.2) is 28.1 Å². The number of methoxy groups -OCH3 is 1. The number of nitrogens with zero attached hydrogens (tertiary/aromatic N) is 3. The maximum absolute atomic E-state index is 6.67. The quantitative estimate of drug-likeness (QED) is 0.310. The summed E-state index contributed by atoms with van der Waals surface area (Å²) in [5.41, 5.74) is 5.28. The molecular formula is C26H21BrN4O2S. The van der Waals surface area contributed by atoms with Gasteiger partial charge in [-0.1, -0.05) is 64.1 Å². The monoisotopic (exact) mass is 532 g/mol. The van der Waals surface area contributed by atoms with Crippen LogP contribution in [0, 0.1) is 0 Å². The van der Waals surface area contributed by atoms with Crippen LogP contribution in [0.15, 0.2) is 88.0 Å². The van der Waals surface area contributed by atoms with Gasteiger partial charge >= 0.3 is 0 Å². The normalized spacial score (nSPS) is 18.3. The summed E-state index contributed by atoms with van der Waals surface area (Å²) < 4.78 is 15.1. The number of rotatable bonds is 4. The van der Waals surface area contributed by atoms with Crippen molar-refractivity contribution in [2.75, 3.05) is 18.7 Å². The Morgan fingerprint density at radius 3 is 2.47 bits per heavy atom. The molecule has 3 aromatic carbocycles. The molecule has 0 radical (unpaired) electrons. The van der Waals surface area contributed by atoms with Gasteiger partial charge in [-0.2, -0.15) is 4.98 Å². The van der Waals surface area contributed by atoms with Crippen molar-refractivity contribution in [3.05, 3.63) is 99.5 Å². The van der Waals surface area contributed by atoms with E-state index in [4.69, 9.17) is 19.6 Å². The first kappa shape index (κ1) is 21.3. The number of nitrogens with one attached hydrogen (secondary N) is 1. The highest BCUT2D eigenvalue weighted by molar-refractivity contribution is 9.10. The summed E-state index contributed by atoms with van der Waals surface area (Å²) in [7, 11) is 1.68. The molecule has 2 aliphatic heterocycles. The molecule has 2 unspecified atom stereocenters. The summed E-state index contributed by atoms with van der Waals surface area (Å²) in [6.07, 6.45) is 1.69. The molecule has 3 heterocycles. The number of para-hydroxylation sites is 1. The average Bonchev–Trinajstić information content (AvgIpc) is 3.30. The zero-order valence-corrected chi connectivity index (χ0v) is 20.9. The first-order chi connectivity index (χ1) is 16.7. The van der Waals surface area contributed by atoms with Crippen LogP contribution in [0.5, 0.6) is 11.5 Å². The van der Waals surface area contributed by atoms with Gasteiger partial charge in [-0.3, -0.25) is 0 Å². The van der Waals surface area contributed by atoms with Gasteiger partial charge in [0.1, 0.15) is 23.6 Å². The van der Waals surface area contributed by atoms with Gasteiger partial charge in [0, 0.05) is 15.6 Å². The van der Waals surface area contributed by atoms with E-state index in [1.807, 2.05) is 53.4 Å². The summed E-state index contributed by atoms with van der Waals surface area (Å²) in [5, 5.41) is 9.14. The minimum absolute atomic E-state index is 0.201. The summed E-state index contributed by atoms with van der Waals surface area (Å²) in [6.45, 7) is 0. The van der Waals surface area contributed by atoms with Crippen LogP contribution in [0.25, 0.3) is 5.70 Å². The third-order valence-corrected chi connectivity index (χ3v) is 7.21. The van der Waals surface area contributed by atoms with Crippen LogP contribution < -0.4 is 14.8 Å². The third-order valence-electron chi connectivity index (χ3n) is 6.15. The summed E-state index contributed by atoms with van der Waals surface area (Å²) in [4.78, 5) is 4.75. The Morgan fingerprint density at radius 1 is 1.00 bits per heavy atom. The number of benzene rings is 3. The topological polar surface area (TPSA) is 61.2 Å². The van der Waals surface area contributed by atoms with Crippen molar-refractivity contribution in [3.8, 4) is 11.5 Å².